The van der Waals surface area contributed by atoms with E-state index in [1.165, 1.54) is 0 Å². The van der Waals surface area contributed by atoms with Crippen molar-refractivity contribution in [2.45, 2.75) is 11.5 Å². The Morgan fingerprint density at radius 1 is 1.23 bits per heavy atom. The van der Waals surface area contributed by atoms with E-state index in [4.69, 9.17) is 21.4 Å². The number of amides is 1. The van der Waals surface area contributed by atoms with Crippen LogP contribution in [0.15, 0.2) is 48.5 Å². The van der Waals surface area contributed by atoms with Gasteiger partial charge in [0.1, 0.15) is 11.6 Å². The summed E-state index contributed by atoms with van der Waals surface area (Å²) in [6.45, 7) is 0. The van der Waals surface area contributed by atoms with Crippen LogP contribution in [-0.4, -0.2) is 22.8 Å². The molecule has 1 N–H and O–H groups in total. The first-order chi connectivity index (χ1) is 12.7. The van der Waals surface area contributed by atoms with Gasteiger partial charge in [-0.2, -0.15) is 16.9 Å². The normalized spacial score (nSPS) is 12.7. The Balaban J connectivity index is 1.71. The lowest BCUT2D eigenvalue weighted by molar-refractivity contribution is 0.102. The van der Waals surface area contributed by atoms with Crippen molar-refractivity contribution in [1.82, 2.24) is 9.78 Å². The summed E-state index contributed by atoms with van der Waals surface area (Å²) in [6, 6.07) is 14.5. The van der Waals surface area contributed by atoms with E-state index < -0.39 is 0 Å². The van der Waals surface area contributed by atoms with E-state index >= 15 is 0 Å². The smallest absolute Gasteiger partial charge is 0.256 e. The first-order valence-corrected chi connectivity index (χ1v) is 9.59. The second kappa shape index (κ2) is 7.05. The number of carbonyl (C=O) groups excluding carboxylic acids is 1. The average molecular weight is 386 g/mol. The summed E-state index contributed by atoms with van der Waals surface area (Å²) < 4.78 is 7.00. The fourth-order valence-corrected chi connectivity index (χ4v) is 4.09. The van der Waals surface area contributed by atoms with E-state index in [0.29, 0.717) is 16.4 Å². The van der Waals surface area contributed by atoms with Crippen LogP contribution in [0.25, 0.3) is 5.69 Å². The van der Waals surface area contributed by atoms with Crippen LogP contribution in [0.1, 0.15) is 21.6 Å². The largest absolute Gasteiger partial charge is 0.497 e. The molecule has 0 bridgehead atoms. The highest BCUT2D eigenvalue weighted by atomic mass is 35.5. The SMILES string of the molecule is COc1ccc(-n2nc3c(c2NC(=O)c2cccc(Cl)c2)CSC3)cc1. The van der Waals surface area contributed by atoms with E-state index in [9.17, 15) is 4.79 Å². The Kier molecular flexibility index (Phi) is 4.61. The van der Waals surface area contributed by atoms with Gasteiger partial charge in [0.05, 0.1) is 18.5 Å². The molecule has 1 aromatic heterocycles. The number of hydrogen-bond donors (Lipinski definition) is 1. The number of ether oxygens (including phenoxy) is 1. The molecule has 1 aliphatic rings. The number of methoxy groups -OCH3 is 1. The minimum atomic E-state index is -0.207. The zero-order valence-electron chi connectivity index (χ0n) is 14.0. The highest BCUT2D eigenvalue weighted by Crippen LogP contribution is 2.36. The summed E-state index contributed by atoms with van der Waals surface area (Å²) in [5, 5.41) is 8.24. The summed E-state index contributed by atoms with van der Waals surface area (Å²) in [7, 11) is 1.63. The lowest BCUT2D eigenvalue weighted by atomic mass is 10.2. The molecule has 1 amide bonds. The maximum Gasteiger partial charge on any atom is 0.256 e. The topological polar surface area (TPSA) is 56.1 Å². The highest BCUT2D eigenvalue weighted by Gasteiger charge is 2.25. The van der Waals surface area contributed by atoms with Crippen molar-refractivity contribution in [2.24, 2.45) is 0 Å². The van der Waals surface area contributed by atoms with Crippen molar-refractivity contribution in [3.63, 3.8) is 0 Å². The van der Waals surface area contributed by atoms with Gasteiger partial charge in [0.15, 0.2) is 0 Å². The van der Waals surface area contributed by atoms with Gasteiger partial charge in [-0.25, -0.2) is 4.68 Å². The van der Waals surface area contributed by atoms with Gasteiger partial charge in [-0.3, -0.25) is 4.79 Å². The van der Waals surface area contributed by atoms with Crippen molar-refractivity contribution in [2.75, 3.05) is 12.4 Å². The van der Waals surface area contributed by atoms with Crippen molar-refractivity contribution >= 4 is 35.1 Å². The molecule has 0 radical (unpaired) electrons. The standard InChI is InChI=1S/C19H16ClN3O2S/c1-25-15-7-5-14(6-8-15)23-18(16-10-26-11-17(16)22-23)21-19(24)12-3-2-4-13(20)9-12/h2-9H,10-11H2,1H3,(H,21,24). The van der Waals surface area contributed by atoms with Crippen LogP contribution in [0.3, 0.4) is 0 Å². The number of hydrogen-bond acceptors (Lipinski definition) is 4. The lowest BCUT2D eigenvalue weighted by Gasteiger charge is -2.12. The Hall–Kier alpha value is -2.44. The first kappa shape index (κ1) is 17.0. The molecule has 0 aliphatic carbocycles. The molecule has 1 aliphatic heterocycles. The number of fused-ring (bicyclic) bond motifs is 1. The number of rotatable bonds is 4. The molecule has 0 spiro atoms. The molecule has 0 saturated carbocycles. The minimum absolute atomic E-state index is 0.207. The fraction of sp³-hybridized carbons (Fsp3) is 0.158. The molecule has 7 heteroatoms. The third-order valence-corrected chi connectivity index (χ3v) is 5.39. The third-order valence-electron chi connectivity index (χ3n) is 4.19. The number of benzene rings is 2. The zero-order chi connectivity index (χ0) is 18.1. The first-order valence-electron chi connectivity index (χ1n) is 8.05. The molecule has 0 unspecified atom stereocenters. The molecule has 3 aromatic rings. The molecule has 26 heavy (non-hydrogen) atoms. The Morgan fingerprint density at radius 2 is 2.04 bits per heavy atom. The van der Waals surface area contributed by atoms with Gasteiger partial charge < -0.3 is 10.1 Å². The number of carbonyl (C=O) groups is 1. The Bertz CT molecular complexity index is 969. The van der Waals surface area contributed by atoms with Crippen LogP contribution in [-0.2, 0) is 11.5 Å². The summed E-state index contributed by atoms with van der Waals surface area (Å²) in [6.07, 6.45) is 0. The molecule has 2 heterocycles. The summed E-state index contributed by atoms with van der Waals surface area (Å²) in [4.78, 5) is 12.7. The van der Waals surface area contributed by atoms with Gasteiger partial charge in [-0.05, 0) is 42.5 Å². The highest BCUT2D eigenvalue weighted by molar-refractivity contribution is 7.98. The maximum absolute atomic E-state index is 12.7. The van der Waals surface area contributed by atoms with Gasteiger partial charge in [0.25, 0.3) is 5.91 Å². The van der Waals surface area contributed by atoms with Crippen molar-refractivity contribution < 1.29 is 9.53 Å². The monoisotopic (exact) mass is 385 g/mol. The number of anilines is 1. The molecule has 0 saturated heterocycles. The van der Waals surface area contributed by atoms with Gasteiger partial charge in [-0.15, -0.1) is 0 Å². The van der Waals surface area contributed by atoms with Gasteiger partial charge >= 0.3 is 0 Å². The molecular formula is C19H16ClN3O2S. The van der Waals surface area contributed by atoms with Gasteiger partial charge in [0, 0.05) is 27.7 Å². The summed E-state index contributed by atoms with van der Waals surface area (Å²) in [5.41, 5.74) is 3.46. The van der Waals surface area contributed by atoms with E-state index in [2.05, 4.69) is 5.32 Å². The number of thioether (sulfide) groups is 1. The van der Waals surface area contributed by atoms with Crippen LogP contribution < -0.4 is 10.1 Å². The molecule has 0 fully saturated rings. The van der Waals surface area contributed by atoms with Crippen LogP contribution in [0.5, 0.6) is 5.75 Å². The number of nitrogens with one attached hydrogen (secondary N) is 1. The molecule has 0 atom stereocenters. The van der Waals surface area contributed by atoms with Crippen LogP contribution >= 0.6 is 23.4 Å². The number of halogens is 1. The van der Waals surface area contributed by atoms with Gasteiger partial charge in [0.2, 0.25) is 0 Å². The van der Waals surface area contributed by atoms with Crippen LogP contribution in [0.4, 0.5) is 5.82 Å². The molecule has 4 rings (SSSR count). The van der Waals surface area contributed by atoms with Crippen LogP contribution in [0.2, 0.25) is 5.02 Å². The lowest BCUT2D eigenvalue weighted by Crippen LogP contribution is -2.16. The van der Waals surface area contributed by atoms with Gasteiger partial charge in [-0.1, -0.05) is 17.7 Å². The second-order valence-electron chi connectivity index (χ2n) is 5.84. The van der Waals surface area contributed by atoms with E-state index in [0.717, 1.165) is 34.2 Å². The summed E-state index contributed by atoms with van der Waals surface area (Å²) >= 11 is 7.80. The maximum atomic E-state index is 12.7. The molecule has 132 valence electrons. The van der Waals surface area contributed by atoms with E-state index in [-0.39, 0.29) is 5.91 Å². The predicted molar refractivity (Wildman–Crippen MR) is 105 cm³/mol. The van der Waals surface area contributed by atoms with Crippen LogP contribution in [0, 0.1) is 0 Å². The minimum Gasteiger partial charge on any atom is -0.497 e. The zero-order valence-corrected chi connectivity index (χ0v) is 15.6. The van der Waals surface area contributed by atoms with Crippen molar-refractivity contribution in [3.8, 4) is 11.4 Å². The fourth-order valence-electron chi connectivity index (χ4n) is 2.86. The number of nitrogens with zero attached hydrogens (tertiary/aromatic N) is 2. The Labute approximate surface area is 160 Å². The average Bonchev–Trinajstić information content (AvgIpc) is 3.24. The second-order valence-corrected chi connectivity index (χ2v) is 7.26. The molecule has 5 nitrogen and oxygen atoms in total. The summed E-state index contributed by atoms with van der Waals surface area (Å²) in [5.74, 6) is 2.95. The van der Waals surface area contributed by atoms with Crippen molar-refractivity contribution in [3.05, 3.63) is 70.4 Å². The van der Waals surface area contributed by atoms with E-state index in [1.54, 1.807) is 47.8 Å². The Morgan fingerprint density at radius 3 is 2.77 bits per heavy atom. The molecule has 2 aromatic carbocycles. The molecular weight excluding hydrogens is 370 g/mol. The number of aromatic nitrogens is 2. The quantitative estimate of drug-likeness (QED) is 0.716. The van der Waals surface area contributed by atoms with E-state index in [1.807, 2.05) is 24.3 Å². The van der Waals surface area contributed by atoms with Crippen molar-refractivity contribution in [1.29, 1.82) is 0 Å². The predicted octanol–water partition coefficient (Wildman–Crippen LogP) is 4.53. The third kappa shape index (κ3) is 3.18.